The van der Waals surface area contributed by atoms with Gasteiger partial charge in [0.2, 0.25) is 0 Å². The molecule has 7 nitrogen and oxygen atoms in total. The Kier molecular flexibility index (Phi) is 6.63. The molecule has 148 valence electrons. The quantitative estimate of drug-likeness (QED) is 0.411. The number of carboxylic acids is 1. The van der Waals surface area contributed by atoms with Gasteiger partial charge >= 0.3 is 5.97 Å². The predicted molar refractivity (Wildman–Crippen MR) is 115 cm³/mol. The first-order valence-corrected chi connectivity index (χ1v) is 9.60. The van der Waals surface area contributed by atoms with Gasteiger partial charge in [0.05, 0.1) is 18.2 Å². The number of amides is 1. The summed E-state index contributed by atoms with van der Waals surface area (Å²) in [5.41, 5.74) is 1.28. The van der Waals surface area contributed by atoms with E-state index in [9.17, 15) is 9.59 Å². The molecule has 0 radical (unpaired) electrons. The Morgan fingerprint density at radius 2 is 1.83 bits per heavy atom. The molecule has 0 aromatic heterocycles. The van der Waals surface area contributed by atoms with Crippen LogP contribution in [0, 0.1) is 0 Å². The summed E-state index contributed by atoms with van der Waals surface area (Å²) in [6.07, 6.45) is 3.12. The molecule has 9 heteroatoms. The third-order valence-electron chi connectivity index (χ3n) is 3.78. The summed E-state index contributed by atoms with van der Waals surface area (Å²) in [5, 5.41) is 14.1. The van der Waals surface area contributed by atoms with E-state index in [1.165, 1.54) is 6.21 Å². The second-order valence-electron chi connectivity index (χ2n) is 5.70. The van der Waals surface area contributed by atoms with Gasteiger partial charge in [-0.3, -0.25) is 4.79 Å². The molecule has 1 amide bonds. The number of para-hydroxylation sites is 2. The van der Waals surface area contributed by atoms with Gasteiger partial charge in [-0.15, -0.1) is 0 Å². The zero-order chi connectivity index (χ0) is 20.8. The van der Waals surface area contributed by atoms with Crippen LogP contribution in [0.5, 0.6) is 11.5 Å². The number of ether oxygens (including phenoxy) is 2. The van der Waals surface area contributed by atoms with Gasteiger partial charge in [0, 0.05) is 11.1 Å². The predicted octanol–water partition coefficient (Wildman–Crippen LogP) is 3.39. The van der Waals surface area contributed by atoms with Crippen molar-refractivity contribution >= 4 is 52.5 Å². The Balaban J connectivity index is 1.81. The third kappa shape index (κ3) is 5.01. The molecule has 0 aliphatic carbocycles. The van der Waals surface area contributed by atoms with Gasteiger partial charge in [-0.25, -0.2) is 4.79 Å². The number of benzene rings is 2. The van der Waals surface area contributed by atoms with E-state index in [-0.39, 0.29) is 10.2 Å². The average Bonchev–Trinajstić information content (AvgIpc) is 2.98. The highest BCUT2D eigenvalue weighted by atomic mass is 32.2. The lowest BCUT2D eigenvalue weighted by Gasteiger charge is -2.09. The SMILES string of the molecule is COc1ccccc1C=C1SC(=S)N(N=Cc2ccccc2OCC(=O)O)C1=O. The number of carbonyl (C=O) groups is 2. The van der Waals surface area contributed by atoms with Crippen molar-refractivity contribution in [1.82, 2.24) is 5.01 Å². The summed E-state index contributed by atoms with van der Waals surface area (Å²) >= 11 is 6.42. The van der Waals surface area contributed by atoms with Crippen LogP contribution in [-0.2, 0) is 9.59 Å². The third-order valence-corrected chi connectivity index (χ3v) is 5.06. The highest BCUT2D eigenvalue weighted by Crippen LogP contribution is 2.34. The fourth-order valence-electron chi connectivity index (χ4n) is 2.46. The van der Waals surface area contributed by atoms with Crippen LogP contribution in [0.25, 0.3) is 6.08 Å². The van der Waals surface area contributed by atoms with Crippen LogP contribution in [-0.4, -0.2) is 46.2 Å². The van der Waals surface area contributed by atoms with E-state index in [0.717, 1.165) is 22.3 Å². The summed E-state index contributed by atoms with van der Waals surface area (Å²) in [6, 6.07) is 14.1. The number of thiocarbonyl (C=S) groups is 1. The number of hydrazone groups is 1. The maximum Gasteiger partial charge on any atom is 0.341 e. The van der Waals surface area contributed by atoms with Crippen molar-refractivity contribution in [1.29, 1.82) is 0 Å². The number of carbonyl (C=O) groups excluding carboxylic acids is 1. The van der Waals surface area contributed by atoms with Crippen molar-refractivity contribution in [3.8, 4) is 11.5 Å². The van der Waals surface area contributed by atoms with E-state index >= 15 is 0 Å². The molecule has 1 aliphatic rings. The average molecular weight is 428 g/mol. The molecule has 1 fully saturated rings. The first kappa shape index (κ1) is 20.6. The van der Waals surface area contributed by atoms with Crippen LogP contribution in [0.4, 0.5) is 0 Å². The maximum absolute atomic E-state index is 12.7. The first-order valence-electron chi connectivity index (χ1n) is 8.38. The van der Waals surface area contributed by atoms with Crippen molar-refractivity contribution in [3.63, 3.8) is 0 Å². The van der Waals surface area contributed by atoms with Gasteiger partial charge in [-0.1, -0.05) is 42.1 Å². The van der Waals surface area contributed by atoms with Crippen LogP contribution in [0.2, 0.25) is 0 Å². The molecule has 3 rings (SSSR count). The highest BCUT2D eigenvalue weighted by Gasteiger charge is 2.32. The summed E-state index contributed by atoms with van der Waals surface area (Å²) < 4.78 is 10.8. The van der Waals surface area contributed by atoms with Gasteiger partial charge in [-0.05, 0) is 36.5 Å². The molecule has 0 atom stereocenters. The number of methoxy groups -OCH3 is 1. The molecular formula is C20H16N2O5S2. The Morgan fingerprint density at radius 3 is 2.52 bits per heavy atom. The van der Waals surface area contributed by atoms with Crippen LogP contribution in [0.3, 0.4) is 0 Å². The highest BCUT2D eigenvalue weighted by molar-refractivity contribution is 8.26. The molecule has 29 heavy (non-hydrogen) atoms. The molecule has 0 saturated carbocycles. The second-order valence-corrected chi connectivity index (χ2v) is 7.38. The Morgan fingerprint density at radius 1 is 1.17 bits per heavy atom. The van der Waals surface area contributed by atoms with Crippen LogP contribution in [0.1, 0.15) is 11.1 Å². The minimum atomic E-state index is -1.09. The van der Waals surface area contributed by atoms with Crippen molar-refractivity contribution in [2.24, 2.45) is 5.10 Å². The topological polar surface area (TPSA) is 88.4 Å². The van der Waals surface area contributed by atoms with Gasteiger partial charge in [0.25, 0.3) is 5.91 Å². The fraction of sp³-hybridized carbons (Fsp3) is 0.100. The van der Waals surface area contributed by atoms with Gasteiger partial charge in [0.1, 0.15) is 11.5 Å². The minimum absolute atomic E-state index is 0.288. The first-order chi connectivity index (χ1) is 14.0. The summed E-state index contributed by atoms with van der Waals surface area (Å²) in [6.45, 7) is -0.479. The normalized spacial score (nSPS) is 15.3. The number of hydrogen-bond acceptors (Lipinski definition) is 7. The van der Waals surface area contributed by atoms with E-state index in [2.05, 4.69) is 5.10 Å². The van der Waals surface area contributed by atoms with Gasteiger partial charge in [-0.2, -0.15) is 10.1 Å². The number of thioether (sulfide) groups is 1. The molecule has 0 unspecified atom stereocenters. The smallest absolute Gasteiger partial charge is 0.341 e. The lowest BCUT2D eigenvalue weighted by Crippen LogP contribution is -2.22. The number of aliphatic carboxylic acids is 1. The Bertz CT molecular complexity index is 1020. The molecule has 1 heterocycles. The second kappa shape index (κ2) is 9.35. The summed E-state index contributed by atoms with van der Waals surface area (Å²) in [4.78, 5) is 23.9. The molecule has 1 N–H and O–H groups in total. The summed E-state index contributed by atoms with van der Waals surface area (Å²) in [5.74, 6) is -0.458. The molecular weight excluding hydrogens is 412 g/mol. The monoisotopic (exact) mass is 428 g/mol. The van der Waals surface area contributed by atoms with E-state index < -0.39 is 12.6 Å². The number of carboxylic acid groups (broad SMARTS) is 1. The zero-order valence-electron chi connectivity index (χ0n) is 15.3. The number of rotatable bonds is 7. The number of nitrogens with zero attached hydrogens (tertiary/aromatic N) is 2. The molecule has 0 bridgehead atoms. The molecule has 2 aromatic rings. The lowest BCUT2D eigenvalue weighted by molar-refractivity contribution is -0.139. The molecule has 0 spiro atoms. The van der Waals surface area contributed by atoms with Crippen molar-refractivity contribution in [2.45, 2.75) is 0 Å². The van der Waals surface area contributed by atoms with E-state index in [4.69, 9.17) is 26.8 Å². The molecule has 2 aromatic carbocycles. The lowest BCUT2D eigenvalue weighted by atomic mass is 10.2. The van der Waals surface area contributed by atoms with Gasteiger partial charge < -0.3 is 14.6 Å². The van der Waals surface area contributed by atoms with Crippen LogP contribution >= 0.6 is 24.0 Å². The van der Waals surface area contributed by atoms with Crippen molar-refractivity contribution in [3.05, 3.63) is 64.6 Å². The molecule has 1 aliphatic heterocycles. The van der Waals surface area contributed by atoms with E-state index in [0.29, 0.717) is 22.0 Å². The van der Waals surface area contributed by atoms with Crippen LogP contribution < -0.4 is 9.47 Å². The number of hydrogen-bond donors (Lipinski definition) is 1. The van der Waals surface area contributed by atoms with Crippen molar-refractivity contribution < 1.29 is 24.2 Å². The Hall–Kier alpha value is -3.17. The largest absolute Gasteiger partial charge is 0.496 e. The fourth-order valence-corrected chi connectivity index (χ4v) is 3.63. The maximum atomic E-state index is 12.7. The van der Waals surface area contributed by atoms with Gasteiger partial charge in [0.15, 0.2) is 10.9 Å². The minimum Gasteiger partial charge on any atom is -0.496 e. The van der Waals surface area contributed by atoms with Crippen LogP contribution in [0.15, 0.2) is 58.5 Å². The van der Waals surface area contributed by atoms with E-state index in [1.807, 2.05) is 18.2 Å². The Labute approximate surface area is 176 Å². The summed E-state index contributed by atoms with van der Waals surface area (Å²) in [7, 11) is 1.56. The molecule has 1 saturated heterocycles. The standard InChI is InChI=1S/C20H16N2O5S2/c1-26-15-8-4-2-6-13(15)10-17-19(25)22(20(28)29-17)21-11-14-7-3-5-9-16(14)27-12-18(23)24/h2-11H,12H2,1H3,(H,23,24). The van der Waals surface area contributed by atoms with Crippen molar-refractivity contribution in [2.75, 3.05) is 13.7 Å². The zero-order valence-corrected chi connectivity index (χ0v) is 16.9. The van der Waals surface area contributed by atoms with E-state index in [1.54, 1.807) is 43.5 Å².